The predicted molar refractivity (Wildman–Crippen MR) is 69.0 cm³/mol. The Morgan fingerprint density at radius 3 is 2.88 bits per heavy atom. The van der Waals surface area contributed by atoms with Crippen LogP contribution in [-0.4, -0.2) is 15.4 Å². The molecule has 0 radical (unpaired) electrons. The molecule has 0 bridgehead atoms. The van der Waals surface area contributed by atoms with Gasteiger partial charge in [0.1, 0.15) is 11.6 Å². The maximum Gasteiger partial charge on any atom is 0.125 e. The second-order valence-corrected chi connectivity index (χ2v) is 4.43. The normalized spacial score (nSPS) is 11.2. The average molecular weight is 255 g/mol. The average Bonchev–Trinajstić information content (AvgIpc) is 2.66. The highest BCUT2D eigenvalue weighted by atomic mass is 35.5. The number of fused-ring (bicyclic) bond motifs is 1. The van der Waals surface area contributed by atoms with Crippen molar-refractivity contribution in [3.8, 4) is 0 Å². The third-order valence-electron chi connectivity index (χ3n) is 2.89. The van der Waals surface area contributed by atoms with Crippen LogP contribution in [0.2, 0.25) is 0 Å². The van der Waals surface area contributed by atoms with Gasteiger partial charge < -0.3 is 4.57 Å². The van der Waals surface area contributed by atoms with Crippen LogP contribution in [-0.2, 0) is 13.0 Å². The second kappa shape index (κ2) is 5.50. The monoisotopic (exact) mass is 254 g/mol. The lowest BCUT2D eigenvalue weighted by Crippen LogP contribution is -2.02. The zero-order valence-electron chi connectivity index (χ0n) is 9.92. The summed E-state index contributed by atoms with van der Waals surface area (Å²) in [7, 11) is 0. The number of imidazole rings is 1. The van der Waals surface area contributed by atoms with E-state index in [0.29, 0.717) is 5.88 Å². The van der Waals surface area contributed by atoms with Crippen molar-refractivity contribution in [1.82, 2.24) is 9.55 Å². The molecule has 0 spiro atoms. The summed E-state index contributed by atoms with van der Waals surface area (Å²) >= 11 is 5.66. The van der Waals surface area contributed by atoms with Gasteiger partial charge in [0, 0.05) is 18.8 Å². The van der Waals surface area contributed by atoms with Gasteiger partial charge in [-0.1, -0.05) is 0 Å². The number of aromatic nitrogens is 2. The molecule has 1 aromatic carbocycles. The minimum absolute atomic E-state index is 0.209. The van der Waals surface area contributed by atoms with Gasteiger partial charge in [-0.2, -0.15) is 0 Å². The number of nitrogens with zero attached hydrogens (tertiary/aromatic N) is 2. The Balaban J connectivity index is 2.35. The zero-order valence-corrected chi connectivity index (χ0v) is 10.7. The third-order valence-corrected chi connectivity index (χ3v) is 3.16. The lowest BCUT2D eigenvalue weighted by atomic mass is 10.2. The molecule has 2 nitrogen and oxygen atoms in total. The maximum absolute atomic E-state index is 13.2. The highest BCUT2D eigenvalue weighted by Gasteiger charge is 2.09. The van der Waals surface area contributed by atoms with Crippen molar-refractivity contribution in [3.63, 3.8) is 0 Å². The van der Waals surface area contributed by atoms with E-state index in [1.807, 2.05) is 0 Å². The smallest absolute Gasteiger partial charge is 0.125 e. The molecular formula is C13H16ClFN2. The summed E-state index contributed by atoms with van der Waals surface area (Å²) in [6.45, 7) is 2.87. The zero-order chi connectivity index (χ0) is 12.3. The number of hydrogen-bond donors (Lipinski definition) is 0. The number of halogens is 2. The van der Waals surface area contributed by atoms with Crippen LogP contribution < -0.4 is 0 Å². The van der Waals surface area contributed by atoms with Gasteiger partial charge in [-0.15, -0.1) is 11.6 Å². The molecule has 4 heteroatoms. The summed E-state index contributed by atoms with van der Waals surface area (Å²) in [5.74, 6) is 1.50. The van der Waals surface area contributed by atoms with Crippen LogP contribution in [0.4, 0.5) is 4.39 Å². The van der Waals surface area contributed by atoms with Crippen molar-refractivity contribution >= 4 is 22.6 Å². The van der Waals surface area contributed by atoms with Crippen molar-refractivity contribution < 1.29 is 4.39 Å². The molecular weight excluding hydrogens is 239 g/mol. The van der Waals surface area contributed by atoms with Crippen LogP contribution in [0, 0.1) is 5.82 Å². The van der Waals surface area contributed by atoms with E-state index in [4.69, 9.17) is 11.6 Å². The van der Waals surface area contributed by atoms with Crippen LogP contribution in [0.5, 0.6) is 0 Å². The summed E-state index contributed by atoms with van der Waals surface area (Å²) in [5.41, 5.74) is 1.75. The minimum atomic E-state index is -0.209. The van der Waals surface area contributed by atoms with E-state index in [2.05, 4.69) is 16.5 Å². The van der Waals surface area contributed by atoms with E-state index in [1.54, 1.807) is 12.1 Å². The van der Waals surface area contributed by atoms with Crippen LogP contribution >= 0.6 is 11.6 Å². The summed E-state index contributed by atoms with van der Waals surface area (Å²) in [6.07, 6.45) is 2.91. The first-order valence-electron chi connectivity index (χ1n) is 5.97. The first-order valence-corrected chi connectivity index (χ1v) is 6.50. The fourth-order valence-corrected chi connectivity index (χ4v) is 2.26. The van der Waals surface area contributed by atoms with E-state index in [1.165, 1.54) is 6.07 Å². The molecule has 0 amide bonds. The molecule has 0 fully saturated rings. The van der Waals surface area contributed by atoms with E-state index in [-0.39, 0.29) is 5.82 Å². The van der Waals surface area contributed by atoms with Gasteiger partial charge in [-0.3, -0.25) is 0 Å². The van der Waals surface area contributed by atoms with Crippen LogP contribution in [0.1, 0.15) is 25.6 Å². The molecule has 0 atom stereocenters. The molecule has 0 aliphatic heterocycles. The summed E-state index contributed by atoms with van der Waals surface area (Å²) in [5, 5.41) is 0. The fourth-order valence-electron chi connectivity index (χ4n) is 2.07. The molecule has 0 saturated carbocycles. The molecule has 17 heavy (non-hydrogen) atoms. The minimum Gasteiger partial charge on any atom is -0.328 e. The van der Waals surface area contributed by atoms with Gasteiger partial charge in [0.2, 0.25) is 0 Å². The van der Waals surface area contributed by atoms with Crippen molar-refractivity contribution in [2.24, 2.45) is 0 Å². The van der Waals surface area contributed by atoms with Gasteiger partial charge in [0.25, 0.3) is 0 Å². The van der Waals surface area contributed by atoms with Gasteiger partial charge in [-0.25, -0.2) is 9.37 Å². The lowest BCUT2D eigenvalue weighted by Gasteiger charge is -2.05. The topological polar surface area (TPSA) is 17.8 Å². The Morgan fingerprint density at radius 1 is 1.35 bits per heavy atom. The highest BCUT2D eigenvalue weighted by Crippen LogP contribution is 2.18. The molecule has 1 heterocycles. The molecule has 92 valence electrons. The number of unbranched alkanes of at least 4 members (excludes halogenated alkanes) is 1. The molecule has 0 aliphatic carbocycles. The first kappa shape index (κ1) is 12.4. The Hall–Kier alpha value is -1.09. The molecule has 0 aliphatic rings. The quantitative estimate of drug-likeness (QED) is 0.587. The van der Waals surface area contributed by atoms with E-state index in [0.717, 1.165) is 42.7 Å². The van der Waals surface area contributed by atoms with Crippen LogP contribution in [0.25, 0.3) is 11.0 Å². The highest BCUT2D eigenvalue weighted by molar-refractivity contribution is 6.17. The number of aryl methyl sites for hydroxylation is 2. The van der Waals surface area contributed by atoms with E-state index < -0.39 is 0 Å². The van der Waals surface area contributed by atoms with Crippen molar-refractivity contribution in [2.75, 3.05) is 5.88 Å². The maximum atomic E-state index is 13.2. The summed E-state index contributed by atoms with van der Waals surface area (Å²) in [4.78, 5) is 4.55. The Morgan fingerprint density at radius 2 is 2.18 bits per heavy atom. The third kappa shape index (κ3) is 2.60. The van der Waals surface area contributed by atoms with Crippen LogP contribution in [0.15, 0.2) is 18.2 Å². The summed E-state index contributed by atoms with van der Waals surface area (Å²) in [6, 6.07) is 4.75. The molecule has 1 aromatic heterocycles. The van der Waals surface area contributed by atoms with Crippen molar-refractivity contribution in [1.29, 1.82) is 0 Å². The number of hydrogen-bond acceptors (Lipinski definition) is 1. The number of benzene rings is 1. The SMILES string of the molecule is CCn1c(CCCCCl)nc2ccc(F)cc21. The van der Waals surface area contributed by atoms with Gasteiger partial charge in [-0.05, 0) is 38.0 Å². The number of rotatable bonds is 5. The second-order valence-electron chi connectivity index (χ2n) is 4.05. The lowest BCUT2D eigenvalue weighted by molar-refractivity contribution is 0.627. The molecule has 0 N–H and O–H groups in total. The predicted octanol–water partition coefficient (Wildman–Crippen LogP) is 3.76. The van der Waals surface area contributed by atoms with Gasteiger partial charge in [0.15, 0.2) is 0 Å². The molecule has 0 unspecified atom stereocenters. The molecule has 0 saturated heterocycles. The standard InChI is InChI=1S/C13H16ClFN2/c1-2-17-12-9-10(15)6-7-11(12)16-13(17)5-3-4-8-14/h6-7,9H,2-5,8H2,1H3. The Labute approximate surface area is 105 Å². The van der Waals surface area contributed by atoms with Gasteiger partial charge in [0.05, 0.1) is 11.0 Å². The molecule has 2 rings (SSSR count). The Bertz CT molecular complexity index is 507. The fraction of sp³-hybridized carbons (Fsp3) is 0.462. The van der Waals surface area contributed by atoms with Gasteiger partial charge >= 0.3 is 0 Å². The first-order chi connectivity index (χ1) is 8.26. The van der Waals surface area contributed by atoms with E-state index in [9.17, 15) is 4.39 Å². The van der Waals surface area contributed by atoms with Crippen molar-refractivity contribution in [2.45, 2.75) is 32.7 Å². The summed E-state index contributed by atoms with van der Waals surface area (Å²) < 4.78 is 15.3. The molecule has 2 aromatic rings. The number of alkyl halides is 1. The van der Waals surface area contributed by atoms with Crippen molar-refractivity contribution in [3.05, 3.63) is 29.8 Å². The Kier molecular flexibility index (Phi) is 4.00. The van der Waals surface area contributed by atoms with E-state index >= 15 is 0 Å². The van der Waals surface area contributed by atoms with Crippen LogP contribution in [0.3, 0.4) is 0 Å². The largest absolute Gasteiger partial charge is 0.328 e.